The highest BCUT2D eigenvalue weighted by Gasteiger charge is 2.17. The van der Waals surface area contributed by atoms with E-state index in [0.717, 1.165) is 23.7 Å². The molecule has 0 aromatic carbocycles. The van der Waals surface area contributed by atoms with Crippen LogP contribution < -0.4 is 10.6 Å². The molecule has 2 aromatic heterocycles. The maximum Gasteiger partial charge on any atom is 0.152 e. The second kappa shape index (κ2) is 4.75. The van der Waals surface area contributed by atoms with E-state index in [1.807, 2.05) is 24.4 Å². The fourth-order valence-electron chi connectivity index (χ4n) is 2.21. The van der Waals surface area contributed by atoms with Crippen molar-refractivity contribution in [3.05, 3.63) is 30.1 Å². The van der Waals surface area contributed by atoms with Crippen molar-refractivity contribution in [1.82, 2.24) is 9.38 Å². The molecule has 0 atom stereocenters. The molecule has 2 N–H and O–H groups in total. The molecule has 4 heteroatoms. The van der Waals surface area contributed by atoms with E-state index in [0.29, 0.717) is 12.6 Å². The van der Waals surface area contributed by atoms with Crippen LogP contribution in [0.5, 0.6) is 0 Å². The summed E-state index contributed by atoms with van der Waals surface area (Å²) in [5.41, 5.74) is 7.91. The molecular formula is C13H20N4. The van der Waals surface area contributed by atoms with Crippen molar-refractivity contribution < 1.29 is 0 Å². The minimum Gasteiger partial charge on any atom is -0.353 e. The van der Waals surface area contributed by atoms with Crippen LogP contribution in [-0.2, 0) is 6.54 Å². The molecular weight excluding hydrogens is 212 g/mol. The molecule has 0 amide bonds. The number of pyridine rings is 1. The van der Waals surface area contributed by atoms with Gasteiger partial charge in [0.25, 0.3) is 0 Å². The van der Waals surface area contributed by atoms with Gasteiger partial charge in [-0.25, -0.2) is 4.98 Å². The van der Waals surface area contributed by atoms with Crippen molar-refractivity contribution in [2.45, 2.75) is 33.4 Å². The van der Waals surface area contributed by atoms with Gasteiger partial charge < -0.3 is 15.0 Å². The molecule has 0 spiro atoms. The van der Waals surface area contributed by atoms with E-state index in [2.05, 4.69) is 35.1 Å². The van der Waals surface area contributed by atoms with Crippen LogP contribution in [-0.4, -0.2) is 22.0 Å². The first-order valence-corrected chi connectivity index (χ1v) is 6.11. The summed E-state index contributed by atoms with van der Waals surface area (Å²) >= 11 is 0. The molecule has 4 nitrogen and oxygen atoms in total. The Bertz CT molecular complexity index is 501. The van der Waals surface area contributed by atoms with Gasteiger partial charge in [-0.05, 0) is 32.9 Å². The van der Waals surface area contributed by atoms with Crippen molar-refractivity contribution >= 4 is 11.5 Å². The van der Waals surface area contributed by atoms with Crippen molar-refractivity contribution in [1.29, 1.82) is 0 Å². The molecule has 0 saturated carbocycles. The molecule has 0 bridgehead atoms. The fourth-order valence-corrected chi connectivity index (χ4v) is 2.21. The predicted octanol–water partition coefficient (Wildman–Crippen LogP) is 2.03. The van der Waals surface area contributed by atoms with Gasteiger partial charge in [-0.3, -0.25) is 0 Å². The Morgan fingerprint density at radius 3 is 2.76 bits per heavy atom. The zero-order chi connectivity index (χ0) is 12.4. The van der Waals surface area contributed by atoms with Gasteiger partial charge in [0.1, 0.15) is 5.65 Å². The normalized spacial score (nSPS) is 11.4. The SMILES string of the molecule is CCN(c1nc2ccccn2c1CN)C(C)C. The highest BCUT2D eigenvalue weighted by atomic mass is 15.2. The van der Waals surface area contributed by atoms with E-state index in [-0.39, 0.29) is 0 Å². The Labute approximate surface area is 102 Å². The maximum atomic E-state index is 5.87. The van der Waals surface area contributed by atoms with Crippen LogP contribution >= 0.6 is 0 Å². The topological polar surface area (TPSA) is 46.6 Å². The van der Waals surface area contributed by atoms with Gasteiger partial charge in [0.2, 0.25) is 0 Å². The third-order valence-electron chi connectivity index (χ3n) is 3.04. The number of hydrogen-bond donors (Lipinski definition) is 1. The largest absolute Gasteiger partial charge is 0.353 e. The first kappa shape index (κ1) is 11.9. The Morgan fingerprint density at radius 2 is 2.18 bits per heavy atom. The zero-order valence-corrected chi connectivity index (χ0v) is 10.7. The summed E-state index contributed by atoms with van der Waals surface area (Å²) in [6.07, 6.45) is 2.02. The summed E-state index contributed by atoms with van der Waals surface area (Å²) < 4.78 is 2.07. The van der Waals surface area contributed by atoms with Crippen LogP contribution in [0.4, 0.5) is 5.82 Å². The van der Waals surface area contributed by atoms with Crippen LogP contribution in [0.3, 0.4) is 0 Å². The Balaban J connectivity index is 2.60. The summed E-state index contributed by atoms with van der Waals surface area (Å²) in [4.78, 5) is 6.96. The van der Waals surface area contributed by atoms with Gasteiger partial charge in [-0.2, -0.15) is 0 Å². The molecule has 2 aromatic rings. The summed E-state index contributed by atoms with van der Waals surface area (Å²) in [7, 11) is 0. The number of nitrogens with zero attached hydrogens (tertiary/aromatic N) is 3. The quantitative estimate of drug-likeness (QED) is 0.877. The summed E-state index contributed by atoms with van der Waals surface area (Å²) in [5.74, 6) is 1.01. The van der Waals surface area contributed by atoms with Gasteiger partial charge in [0, 0.05) is 25.3 Å². The van der Waals surface area contributed by atoms with Crippen molar-refractivity contribution in [3.63, 3.8) is 0 Å². The molecule has 0 aliphatic carbocycles. The first-order chi connectivity index (χ1) is 8.19. The number of rotatable bonds is 4. The molecule has 0 fully saturated rings. The van der Waals surface area contributed by atoms with Gasteiger partial charge >= 0.3 is 0 Å². The Morgan fingerprint density at radius 1 is 1.41 bits per heavy atom. The molecule has 0 radical (unpaired) electrons. The monoisotopic (exact) mass is 232 g/mol. The van der Waals surface area contributed by atoms with E-state index in [4.69, 9.17) is 5.73 Å². The lowest BCUT2D eigenvalue weighted by molar-refractivity contribution is 0.690. The summed E-state index contributed by atoms with van der Waals surface area (Å²) in [5, 5.41) is 0. The summed E-state index contributed by atoms with van der Waals surface area (Å²) in [6, 6.07) is 6.44. The van der Waals surface area contributed by atoms with Gasteiger partial charge in [0.05, 0.1) is 5.69 Å². The third-order valence-corrected chi connectivity index (χ3v) is 3.04. The third kappa shape index (κ3) is 2.00. The number of hydrogen-bond acceptors (Lipinski definition) is 3. The van der Waals surface area contributed by atoms with E-state index < -0.39 is 0 Å². The average molecular weight is 232 g/mol. The average Bonchev–Trinajstić information content (AvgIpc) is 2.67. The van der Waals surface area contributed by atoms with E-state index in [1.165, 1.54) is 0 Å². The first-order valence-electron chi connectivity index (χ1n) is 6.11. The smallest absolute Gasteiger partial charge is 0.152 e. The second-order valence-electron chi connectivity index (χ2n) is 4.39. The molecule has 0 unspecified atom stereocenters. The van der Waals surface area contributed by atoms with E-state index in [9.17, 15) is 0 Å². The standard InChI is InChI=1S/C13H20N4/c1-4-16(10(2)3)13-11(9-14)17-8-6-5-7-12(17)15-13/h5-8,10H,4,9,14H2,1-3H3. The number of nitrogens with two attached hydrogens (primary N) is 1. The summed E-state index contributed by atoms with van der Waals surface area (Å²) in [6.45, 7) is 7.93. The molecule has 2 rings (SSSR count). The Kier molecular flexibility index (Phi) is 3.33. The van der Waals surface area contributed by atoms with Crippen LogP contribution in [0.2, 0.25) is 0 Å². The van der Waals surface area contributed by atoms with Crippen molar-refractivity contribution in [2.24, 2.45) is 5.73 Å². The van der Waals surface area contributed by atoms with Crippen molar-refractivity contribution in [3.8, 4) is 0 Å². The van der Waals surface area contributed by atoms with Gasteiger partial charge in [-0.1, -0.05) is 6.07 Å². The lowest BCUT2D eigenvalue weighted by Gasteiger charge is -2.26. The molecule has 92 valence electrons. The predicted molar refractivity (Wildman–Crippen MR) is 71.2 cm³/mol. The number of imidazole rings is 1. The lowest BCUT2D eigenvalue weighted by atomic mass is 10.3. The lowest BCUT2D eigenvalue weighted by Crippen LogP contribution is -2.31. The van der Waals surface area contributed by atoms with Crippen LogP contribution in [0, 0.1) is 0 Å². The maximum absolute atomic E-state index is 5.87. The minimum atomic E-state index is 0.426. The minimum absolute atomic E-state index is 0.426. The highest BCUT2D eigenvalue weighted by Crippen LogP contribution is 2.22. The second-order valence-corrected chi connectivity index (χ2v) is 4.39. The van der Waals surface area contributed by atoms with Gasteiger partial charge in [0.15, 0.2) is 5.82 Å². The number of aromatic nitrogens is 2. The van der Waals surface area contributed by atoms with Crippen molar-refractivity contribution in [2.75, 3.05) is 11.4 Å². The molecule has 2 heterocycles. The molecule has 0 aliphatic rings. The fraction of sp³-hybridized carbons (Fsp3) is 0.462. The Hall–Kier alpha value is -1.55. The number of anilines is 1. The van der Waals surface area contributed by atoms with E-state index >= 15 is 0 Å². The van der Waals surface area contributed by atoms with E-state index in [1.54, 1.807) is 0 Å². The van der Waals surface area contributed by atoms with Crippen LogP contribution in [0.25, 0.3) is 5.65 Å². The van der Waals surface area contributed by atoms with Crippen LogP contribution in [0.1, 0.15) is 26.5 Å². The highest BCUT2D eigenvalue weighted by molar-refractivity contribution is 5.56. The van der Waals surface area contributed by atoms with Gasteiger partial charge in [-0.15, -0.1) is 0 Å². The molecule has 17 heavy (non-hydrogen) atoms. The van der Waals surface area contributed by atoms with Crippen LogP contribution in [0.15, 0.2) is 24.4 Å². The number of fused-ring (bicyclic) bond motifs is 1. The molecule has 0 saturated heterocycles. The zero-order valence-electron chi connectivity index (χ0n) is 10.7. The molecule has 0 aliphatic heterocycles.